The molecule has 1 aliphatic rings. The van der Waals surface area contributed by atoms with Gasteiger partial charge in [-0.1, -0.05) is 74.6 Å². The zero-order chi connectivity index (χ0) is 29.2. The number of carbonyl (C=O) groups excluding carboxylic acids is 1. The van der Waals surface area contributed by atoms with Gasteiger partial charge in [-0.05, 0) is 50.4 Å². The summed E-state index contributed by atoms with van der Waals surface area (Å²) < 4.78 is 7.30. The third-order valence-corrected chi connectivity index (χ3v) is 7.47. The van der Waals surface area contributed by atoms with Crippen LogP contribution >= 0.6 is 0 Å². The van der Waals surface area contributed by atoms with Gasteiger partial charge in [0.2, 0.25) is 0 Å². The molecule has 4 aromatic rings. The SMILES string of the molecule is Cc1ccc(-n2nc(C(C)(C)C)cc2NC(=O)Nc2ccc(C#CC(C)(C)N3CCOCC3)c3ccccc23)cc1. The molecule has 0 unspecified atom stereocenters. The Morgan fingerprint density at radius 3 is 2.27 bits per heavy atom. The van der Waals surface area contributed by atoms with Gasteiger partial charge in [0.25, 0.3) is 0 Å². The van der Waals surface area contributed by atoms with E-state index in [1.54, 1.807) is 4.68 Å². The first-order valence-corrected chi connectivity index (χ1v) is 14.1. The predicted molar refractivity (Wildman–Crippen MR) is 167 cm³/mol. The van der Waals surface area contributed by atoms with E-state index in [0.29, 0.717) is 11.5 Å². The Morgan fingerprint density at radius 1 is 0.902 bits per heavy atom. The van der Waals surface area contributed by atoms with Gasteiger partial charge in [0.05, 0.1) is 35.8 Å². The van der Waals surface area contributed by atoms with Gasteiger partial charge in [-0.3, -0.25) is 10.2 Å². The van der Waals surface area contributed by atoms with Crippen LogP contribution < -0.4 is 10.6 Å². The van der Waals surface area contributed by atoms with E-state index >= 15 is 0 Å². The van der Waals surface area contributed by atoms with Crippen molar-refractivity contribution < 1.29 is 9.53 Å². The van der Waals surface area contributed by atoms with E-state index in [1.165, 1.54) is 0 Å². The van der Waals surface area contributed by atoms with Crippen LogP contribution in [0.4, 0.5) is 16.3 Å². The Morgan fingerprint density at radius 2 is 1.59 bits per heavy atom. The fraction of sp³-hybridized carbons (Fsp3) is 0.353. The Balaban J connectivity index is 1.41. The first kappa shape index (κ1) is 28.4. The molecule has 3 aromatic carbocycles. The quantitative estimate of drug-likeness (QED) is 0.277. The van der Waals surface area contributed by atoms with Crippen LogP contribution in [0.5, 0.6) is 0 Å². The highest BCUT2D eigenvalue weighted by atomic mass is 16.5. The minimum Gasteiger partial charge on any atom is -0.379 e. The van der Waals surface area contributed by atoms with Gasteiger partial charge in [-0.2, -0.15) is 5.10 Å². The fourth-order valence-corrected chi connectivity index (χ4v) is 4.93. The average Bonchev–Trinajstić information content (AvgIpc) is 3.38. The van der Waals surface area contributed by atoms with Crippen LogP contribution in [0.1, 0.15) is 51.4 Å². The second-order valence-corrected chi connectivity index (χ2v) is 12.1. The summed E-state index contributed by atoms with van der Waals surface area (Å²) in [5.41, 5.74) is 4.14. The maximum atomic E-state index is 13.3. The predicted octanol–water partition coefficient (Wildman–Crippen LogP) is 6.74. The molecule has 2 N–H and O–H groups in total. The van der Waals surface area contributed by atoms with Crippen molar-refractivity contribution in [1.82, 2.24) is 14.7 Å². The molecule has 0 atom stereocenters. The lowest BCUT2D eigenvalue weighted by Crippen LogP contribution is -2.49. The summed E-state index contributed by atoms with van der Waals surface area (Å²) >= 11 is 0. The average molecular weight is 550 g/mol. The third kappa shape index (κ3) is 6.45. The molecule has 1 aromatic heterocycles. The summed E-state index contributed by atoms with van der Waals surface area (Å²) in [5, 5.41) is 12.8. The largest absolute Gasteiger partial charge is 0.379 e. The van der Waals surface area contributed by atoms with Gasteiger partial charge >= 0.3 is 6.03 Å². The van der Waals surface area contributed by atoms with E-state index in [-0.39, 0.29) is 17.0 Å². The molecular formula is C34H39N5O2. The van der Waals surface area contributed by atoms with Crippen LogP contribution in [0.2, 0.25) is 0 Å². The van der Waals surface area contributed by atoms with Crippen molar-refractivity contribution in [2.24, 2.45) is 0 Å². The normalized spacial score (nSPS) is 14.4. The molecule has 0 spiro atoms. The first-order chi connectivity index (χ1) is 19.5. The molecule has 0 radical (unpaired) electrons. The monoisotopic (exact) mass is 549 g/mol. The van der Waals surface area contributed by atoms with Gasteiger partial charge in [0.1, 0.15) is 5.82 Å². The lowest BCUT2D eigenvalue weighted by atomic mass is 9.92. The number of carbonyl (C=O) groups is 1. The zero-order valence-electron chi connectivity index (χ0n) is 24.8. The minimum absolute atomic E-state index is 0.174. The van der Waals surface area contributed by atoms with Crippen LogP contribution in [0.15, 0.2) is 66.7 Å². The molecule has 1 fully saturated rings. The number of aromatic nitrogens is 2. The van der Waals surface area contributed by atoms with Crippen LogP contribution in [0, 0.1) is 18.8 Å². The highest BCUT2D eigenvalue weighted by molar-refractivity contribution is 6.07. The molecule has 2 heterocycles. The number of urea groups is 1. The molecule has 0 saturated carbocycles. The van der Waals surface area contributed by atoms with Crippen molar-refractivity contribution in [3.05, 3.63) is 83.6 Å². The van der Waals surface area contributed by atoms with E-state index in [1.807, 2.05) is 73.7 Å². The second-order valence-electron chi connectivity index (χ2n) is 12.1. The molecule has 0 aliphatic carbocycles. The van der Waals surface area contributed by atoms with E-state index in [4.69, 9.17) is 9.84 Å². The number of fused-ring (bicyclic) bond motifs is 1. The van der Waals surface area contributed by atoms with Crippen molar-refractivity contribution in [1.29, 1.82) is 0 Å². The molecular weight excluding hydrogens is 510 g/mol. The molecule has 1 aliphatic heterocycles. The van der Waals surface area contributed by atoms with Gasteiger partial charge in [0.15, 0.2) is 0 Å². The third-order valence-electron chi connectivity index (χ3n) is 7.47. The maximum absolute atomic E-state index is 13.3. The number of amides is 2. The number of aryl methyl sites for hydroxylation is 1. The number of rotatable bonds is 4. The number of hydrogen-bond acceptors (Lipinski definition) is 4. The number of nitrogens with zero attached hydrogens (tertiary/aromatic N) is 3. The number of hydrogen-bond donors (Lipinski definition) is 2. The number of ether oxygens (including phenoxy) is 1. The van der Waals surface area contributed by atoms with Crippen LogP contribution in [0.3, 0.4) is 0 Å². The summed E-state index contributed by atoms with van der Waals surface area (Å²) in [6, 6.07) is 21.6. The molecule has 7 heteroatoms. The first-order valence-electron chi connectivity index (χ1n) is 14.1. The van der Waals surface area contributed by atoms with Crippen molar-refractivity contribution >= 4 is 28.3 Å². The Bertz CT molecular complexity index is 1610. The Hall–Kier alpha value is -4.12. The lowest BCUT2D eigenvalue weighted by Gasteiger charge is -2.37. The van der Waals surface area contributed by atoms with Crippen molar-refractivity contribution in [2.45, 2.75) is 52.5 Å². The van der Waals surface area contributed by atoms with Crippen LogP contribution in [-0.4, -0.2) is 52.6 Å². The summed E-state index contributed by atoms with van der Waals surface area (Å²) in [7, 11) is 0. The molecule has 41 heavy (non-hydrogen) atoms. The summed E-state index contributed by atoms with van der Waals surface area (Å²) in [5.74, 6) is 7.51. The van der Waals surface area contributed by atoms with Gasteiger partial charge in [-0.25, -0.2) is 9.48 Å². The summed E-state index contributed by atoms with van der Waals surface area (Å²) in [4.78, 5) is 15.7. The molecule has 0 bridgehead atoms. The zero-order valence-corrected chi connectivity index (χ0v) is 24.8. The molecule has 2 amide bonds. The summed E-state index contributed by atoms with van der Waals surface area (Å²) in [6.45, 7) is 15.9. The summed E-state index contributed by atoms with van der Waals surface area (Å²) in [6.07, 6.45) is 0. The highest BCUT2D eigenvalue weighted by Gasteiger charge is 2.26. The van der Waals surface area contributed by atoms with Crippen molar-refractivity contribution in [3.8, 4) is 17.5 Å². The topological polar surface area (TPSA) is 71.4 Å². The Kier molecular flexibility index (Phi) is 7.90. The standard InChI is InChI=1S/C34H39N5O2/c1-24-11-14-26(15-12-24)39-31(23-30(37-39)33(2,3)4)36-32(40)35-29-16-13-25(27-9-7-8-10-28(27)29)17-18-34(5,6)38-19-21-41-22-20-38/h7-16,23H,19-22H2,1-6H3,(H2,35,36,40). The van der Waals surface area contributed by atoms with Crippen LogP contribution in [0.25, 0.3) is 16.5 Å². The van der Waals surface area contributed by atoms with E-state index in [0.717, 1.165) is 59.6 Å². The second kappa shape index (κ2) is 11.4. The number of anilines is 2. The smallest absolute Gasteiger partial charge is 0.324 e. The van der Waals surface area contributed by atoms with E-state index in [9.17, 15) is 4.79 Å². The van der Waals surface area contributed by atoms with E-state index in [2.05, 4.69) is 62.0 Å². The molecule has 1 saturated heterocycles. The number of morpholine rings is 1. The fourth-order valence-electron chi connectivity index (χ4n) is 4.93. The van der Waals surface area contributed by atoms with Crippen molar-refractivity contribution in [3.63, 3.8) is 0 Å². The van der Waals surface area contributed by atoms with Gasteiger partial charge < -0.3 is 10.1 Å². The number of benzene rings is 3. The van der Waals surface area contributed by atoms with Gasteiger partial charge in [-0.15, -0.1) is 0 Å². The van der Waals surface area contributed by atoms with E-state index < -0.39 is 0 Å². The van der Waals surface area contributed by atoms with Crippen molar-refractivity contribution in [2.75, 3.05) is 36.9 Å². The molecule has 212 valence electrons. The number of nitrogens with one attached hydrogen (secondary N) is 2. The minimum atomic E-state index is -0.337. The maximum Gasteiger partial charge on any atom is 0.324 e. The molecule has 7 nitrogen and oxygen atoms in total. The molecule has 5 rings (SSSR count). The lowest BCUT2D eigenvalue weighted by molar-refractivity contribution is 0.00739. The van der Waals surface area contributed by atoms with Gasteiger partial charge in [0, 0.05) is 35.5 Å². The van der Waals surface area contributed by atoms with Crippen LogP contribution in [-0.2, 0) is 10.2 Å². The highest BCUT2D eigenvalue weighted by Crippen LogP contribution is 2.29. The Labute approximate surface area is 242 Å².